The van der Waals surface area contributed by atoms with Crippen LogP contribution in [0, 0.1) is 34.5 Å². The fraction of sp³-hybridized carbons (Fsp3) is 0.612. The molecule has 17 heteroatoms. The maximum absolute atomic E-state index is 15.0. The smallest absolute Gasteiger partial charge is 0.408 e. The van der Waals surface area contributed by atoms with Crippen molar-refractivity contribution in [2.24, 2.45) is 34.5 Å². The zero-order chi connectivity index (χ0) is 48.5. The number of rotatable bonds is 13. The van der Waals surface area contributed by atoms with E-state index >= 15 is 4.79 Å². The number of carbonyl (C=O) groups is 7. The summed E-state index contributed by atoms with van der Waals surface area (Å²) in [6.45, 7) is 14.1. The molecule has 1 amide bonds. The summed E-state index contributed by atoms with van der Waals surface area (Å²) < 4.78 is 36.6. The Bertz CT molecular complexity index is 2140. The highest BCUT2D eigenvalue weighted by Crippen LogP contribution is 2.65. The lowest BCUT2D eigenvalue weighted by atomic mass is 9.46. The van der Waals surface area contributed by atoms with Crippen LogP contribution in [0.5, 0.6) is 0 Å². The summed E-state index contributed by atoms with van der Waals surface area (Å²) in [4.78, 5) is 98.9. The zero-order valence-electron chi connectivity index (χ0n) is 39.1. The molecule has 6 rings (SSSR count). The van der Waals surface area contributed by atoms with Crippen LogP contribution < -0.4 is 10.6 Å². The lowest BCUT2D eigenvalue weighted by Gasteiger charge is -2.61. The quantitative estimate of drug-likeness (QED) is 0.125. The van der Waals surface area contributed by atoms with Crippen molar-refractivity contribution in [2.45, 2.75) is 135 Å². The molecule has 4 N–H and O–H groups in total. The van der Waals surface area contributed by atoms with Crippen molar-refractivity contribution in [2.75, 3.05) is 19.7 Å². The van der Waals surface area contributed by atoms with Crippen molar-refractivity contribution >= 4 is 41.5 Å². The molecule has 3 aliphatic carbocycles. The number of amides is 1. The summed E-state index contributed by atoms with van der Waals surface area (Å²) in [7, 11) is 0. The second-order valence-electron chi connectivity index (χ2n) is 19.7. The van der Waals surface area contributed by atoms with E-state index in [0.717, 1.165) is 6.92 Å². The predicted octanol–water partition coefficient (Wildman–Crippen LogP) is 4.20. The van der Waals surface area contributed by atoms with E-state index in [1.54, 1.807) is 97.0 Å². The summed E-state index contributed by atoms with van der Waals surface area (Å²) in [5.41, 5.74) is -7.13. The molecule has 0 aromatic heterocycles. The summed E-state index contributed by atoms with van der Waals surface area (Å²) in [6, 6.07) is 14.8. The Hall–Kier alpha value is -5.23. The molecule has 1 heterocycles. The summed E-state index contributed by atoms with van der Waals surface area (Å²) in [6.07, 6.45) is -11.3. The molecule has 4 fully saturated rings. The van der Waals surface area contributed by atoms with Crippen molar-refractivity contribution in [1.29, 1.82) is 0 Å². The van der Waals surface area contributed by atoms with Crippen LogP contribution >= 0.6 is 0 Å². The SMILES string of the molecule is CCNCC(=O)OC(C(=O)OC1CC2(O)C(C(C)C)C(CC(=O)C(=O)C3(C)C(O)CC4OCC3(C4OC(C)=O)C2OC(=O)c2ccccc2)C1C)C(NC(=O)OC(C)(C)C)c1ccccc1. The molecule has 2 aromatic carbocycles. The Balaban J connectivity index is 1.54. The van der Waals surface area contributed by atoms with Crippen LogP contribution in [0.3, 0.4) is 0 Å². The van der Waals surface area contributed by atoms with Crippen LogP contribution in [0.4, 0.5) is 4.79 Å². The molecule has 13 unspecified atom stereocenters. The van der Waals surface area contributed by atoms with Gasteiger partial charge in [0.1, 0.15) is 35.6 Å². The van der Waals surface area contributed by atoms with E-state index in [1.165, 1.54) is 19.1 Å². The van der Waals surface area contributed by atoms with Crippen LogP contribution in [0.15, 0.2) is 60.7 Å². The molecule has 1 aliphatic heterocycles. The summed E-state index contributed by atoms with van der Waals surface area (Å²) in [5.74, 6) is -8.89. The van der Waals surface area contributed by atoms with Gasteiger partial charge in [0.15, 0.2) is 5.78 Å². The van der Waals surface area contributed by atoms with Crippen molar-refractivity contribution < 1.29 is 72.2 Å². The number of aliphatic hydroxyl groups is 2. The number of likely N-dealkylation sites (N-methyl/N-ethyl adjacent to an activating group) is 1. The van der Waals surface area contributed by atoms with E-state index in [4.69, 9.17) is 28.4 Å². The molecule has 0 radical (unpaired) electrons. The van der Waals surface area contributed by atoms with Crippen LogP contribution in [0.2, 0.25) is 0 Å². The first kappa shape index (κ1) is 50.2. The van der Waals surface area contributed by atoms with E-state index in [2.05, 4.69) is 10.6 Å². The van der Waals surface area contributed by atoms with Crippen molar-refractivity contribution in [3.63, 3.8) is 0 Å². The van der Waals surface area contributed by atoms with Gasteiger partial charge in [-0.2, -0.15) is 0 Å². The number of fused-ring (bicyclic) bond motifs is 3. The van der Waals surface area contributed by atoms with Crippen LogP contribution in [0.25, 0.3) is 0 Å². The van der Waals surface area contributed by atoms with E-state index in [1.807, 2.05) is 0 Å². The fourth-order valence-corrected chi connectivity index (χ4v) is 11.1. The first-order valence-electron chi connectivity index (χ1n) is 22.7. The number of benzene rings is 2. The van der Waals surface area contributed by atoms with Gasteiger partial charge >= 0.3 is 30.0 Å². The first-order chi connectivity index (χ1) is 31.0. The molecular formula is C49H64N2O15. The molecule has 17 nitrogen and oxygen atoms in total. The highest BCUT2D eigenvalue weighted by Gasteiger charge is 2.79. The molecule has 1 spiro atoms. The second kappa shape index (κ2) is 19.5. The van der Waals surface area contributed by atoms with Gasteiger partial charge in [0.25, 0.3) is 0 Å². The highest BCUT2D eigenvalue weighted by molar-refractivity contribution is 6.39. The van der Waals surface area contributed by atoms with Gasteiger partial charge in [-0.05, 0) is 75.6 Å². The van der Waals surface area contributed by atoms with E-state index < -0.39 is 149 Å². The van der Waals surface area contributed by atoms with Gasteiger partial charge in [-0.1, -0.05) is 76.2 Å². The standard InChI is InChI=1S/C49H64N2O15/c1-10-50-24-36(55)64-39(38(29-17-13-11-14-18-29)51-45(59)66-46(6,7)8)43(58)63-34-23-49(60)37(26(2)3)31(27(34)4)21-32(53)40(56)47(9)35(54)22-33-41(62-28(5)52)48(47,25-61-33)44(49)65-42(57)30-19-15-12-16-20-30/h11-20,26-27,31,33-35,37-39,41,44,50,54,60H,10,21-25H2,1-9H3,(H,51,59). The number of ether oxygens (including phenoxy) is 6. The number of nitrogens with one attached hydrogen (secondary N) is 2. The van der Waals surface area contributed by atoms with Gasteiger partial charge < -0.3 is 49.3 Å². The maximum atomic E-state index is 15.0. The fourth-order valence-electron chi connectivity index (χ4n) is 11.1. The van der Waals surface area contributed by atoms with Crippen molar-refractivity contribution in [3.8, 4) is 0 Å². The molecule has 4 aliphatic rings. The topological polar surface area (TPSA) is 239 Å². The monoisotopic (exact) mass is 920 g/mol. The number of hydrogen-bond acceptors (Lipinski definition) is 16. The Morgan fingerprint density at radius 1 is 0.955 bits per heavy atom. The van der Waals surface area contributed by atoms with Gasteiger partial charge in [-0.3, -0.25) is 19.2 Å². The van der Waals surface area contributed by atoms with Crippen LogP contribution in [-0.4, -0.2) is 119 Å². The van der Waals surface area contributed by atoms with Crippen molar-refractivity contribution in [1.82, 2.24) is 10.6 Å². The van der Waals surface area contributed by atoms with E-state index in [9.17, 15) is 39.0 Å². The number of hydrogen-bond donors (Lipinski definition) is 4. The summed E-state index contributed by atoms with van der Waals surface area (Å²) in [5, 5.41) is 31.6. The third kappa shape index (κ3) is 9.49. The number of ketones is 2. The molecular weight excluding hydrogens is 857 g/mol. The van der Waals surface area contributed by atoms with Crippen LogP contribution in [-0.2, 0) is 52.4 Å². The van der Waals surface area contributed by atoms with E-state index in [0.29, 0.717) is 12.1 Å². The molecule has 66 heavy (non-hydrogen) atoms. The minimum atomic E-state index is -2.33. The van der Waals surface area contributed by atoms with Gasteiger partial charge in [0, 0.05) is 26.2 Å². The minimum absolute atomic E-state index is 0.0637. The third-order valence-corrected chi connectivity index (χ3v) is 14.0. The van der Waals surface area contributed by atoms with Crippen LogP contribution in [0.1, 0.15) is 104 Å². The van der Waals surface area contributed by atoms with Crippen molar-refractivity contribution in [3.05, 3.63) is 71.8 Å². The summed E-state index contributed by atoms with van der Waals surface area (Å²) >= 11 is 0. The number of carbonyl (C=O) groups excluding carboxylic acids is 7. The predicted molar refractivity (Wildman–Crippen MR) is 234 cm³/mol. The maximum Gasteiger partial charge on any atom is 0.408 e. The largest absolute Gasteiger partial charge is 0.459 e. The Morgan fingerprint density at radius 2 is 1.59 bits per heavy atom. The second-order valence-corrected chi connectivity index (χ2v) is 19.7. The molecule has 13 atom stereocenters. The molecule has 360 valence electrons. The van der Waals surface area contributed by atoms with Gasteiger partial charge in [0.2, 0.25) is 11.9 Å². The normalized spacial score (nSPS) is 32.6. The highest BCUT2D eigenvalue weighted by atomic mass is 16.6. The minimum Gasteiger partial charge on any atom is -0.459 e. The molecule has 4 bridgehead atoms. The van der Waals surface area contributed by atoms with Gasteiger partial charge in [-0.15, -0.1) is 0 Å². The molecule has 1 saturated heterocycles. The Labute approximate surface area is 384 Å². The number of alkyl carbamates (subject to hydrolysis) is 1. The average Bonchev–Trinajstić information content (AvgIpc) is 3.54. The van der Waals surface area contributed by atoms with Gasteiger partial charge in [-0.25, -0.2) is 14.4 Å². The molecule has 3 saturated carbocycles. The van der Waals surface area contributed by atoms with Gasteiger partial charge in [0.05, 0.1) is 41.8 Å². The number of esters is 4. The lowest BCUT2D eigenvalue weighted by Crippen LogP contribution is -2.75. The first-order valence-corrected chi connectivity index (χ1v) is 22.7. The van der Waals surface area contributed by atoms with E-state index in [-0.39, 0.29) is 18.5 Å². The lowest BCUT2D eigenvalue weighted by molar-refractivity contribution is -0.270. The average molecular weight is 921 g/mol. The molecule has 2 aromatic rings. The number of Topliss-reactive ketones (excluding diaryl/α,β-unsaturated/α-hetero) is 2. The third-order valence-electron chi connectivity index (χ3n) is 14.0. The Morgan fingerprint density at radius 3 is 2.18 bits per heavy atom. The Kier molecular flexibility index (Phi) is 14.9. The zero-order valence-corrected chi connectivity index (χ0v) is 39.1. The number of aliphatic hydroxyl groups excluding tert-OH is 1.